The summed E-state index contributed by atoms with van der Waals surface area (Å²) in [7, 11) is 0. The maximum absolute atomic E-state index is 13.6. The molecule has 0 aromatic heterocycles. The molecule has 2 atom stereocenters. The number of ether oxygens (including phenoxy) is 1. The molecule has 2 saturated heterocycles. The van der Waals surface area contributed by atoms with Crippen molar-refractivity contribution in [1.29, 1.82) is 0 Å². The van der Waals surface area contributed by atoms with Crippen LogP contribution in [0.4, 0.5) is 10.5 Å². The molecule has 3 aromatic rings. The van der Waals surface area contributed by atoms with Gasteiger partial charge in [0, 0.05) is 24.3 Å². The fraction of sp³-hybridized carbons (Fsp3) is 0.323. The molecule has 2 N–H and O–H groups in total. The molecule has 0 radical (unpaired) electrons. The molecule has 2 fully saturated rings. The summed E-state index contributed by atoms with van der Waals surface area (Å²) >= 11 is 0. The predicted octanol–water partition coefficient (Wildman–Crippen LogP) is 4.52. The molecule has 39 heavy (non-hydrogen) atoms. The molecule has 3 aromatic carbocycles. The Morgan fingerprint density at radius 1 is 0.949 bits per heavy atom. The molecular formula is C31H34N4O4. The van der Waals surface area contributed by atoms with E-state index in [4.69, 9.17) is 4.74 Å². The first-order valence-electron chi connectivity index (χ1n) is 13.5. The molecule has 2 aliphatic rings. The van der Waals surface area contributed by atoms with E-state index in [1.165, 1.54) is 17.7 Å². The predicted molar refractivity (Wildman–Crippen MR) is 149 cm³/mol. The number of carbonyl (C=O) groups excluding carboxylic acids is 3. The first-order chi connectivity index (χ1) is 19.0. The molecule has 0 saturated carbocycles. The summed E-state index contributed by atoms with van der Waals surface area (Å²) in [5.41, 5.74) is 3.76. The molecule has 5 rings (SSSR count). The molecular weight excluding hydrogens is 492 g/mol. The normalized spacial score (nSPS) is 19.1. The zero-order valence-electron chi connectivity index (χ0n) is 22.1. The third-order valence-corrected chi connectivity index (χ3v) is 7.26. The van der Waals surface area contributed by atoms with Crippen molar-refractivity contribution >= 4 is 23.6 Å². The van der Waals surface area contributed by atoms with E-state index in [0.29, 0.717) is 23.4 Å². The van der Waals surface area contributed by atoms with Crippen molar-refractivity contribution in [2.45, 2.75) is 38.5 Å². The first-order valence-corrected chi connectivity index (χ1v) is 13.5. The highest BCUT2D eigenvalue weighted by molar-refractivity contribution is 6.04. The Balaban J connectivity index is 1.36. The van der Waals surface area contributed by atoms with Gasteiger partial charge in [0.1, 0.15) is 0 Å². The number of nitrogens with one attached hydrogen (secondary N) is 2. The minimum absolute atomic E-state index is 0.242. The summed E-state index contributed by atoms with van der Waals surface area (Å²) in [6.07, 6.45) is 1.01. The van der Waals surface area contributed by atoms with Gasteiger partial charge in [0.15, 0.2) is 12.1 Å². The number of nitrogens with zero attached hydrogens (tertiary/aromatic N) is 2. The number of cyclic esters (lactones) is 1. The standard InChI is InChI=1S/C31H34N4O4/c1-22-12-14-23(15-13-22)21-35-27(30(37)32-16-19-34-17-5-6-18-34)28(39-31(35)38)25-10-7-11-26(20-25)33-29(36)24-8-3-2-4-9-24/h2-4,7-15,20,27-28H,5-6,16-19,21H2,1H3,(H,32,37)(H,33,36). The van der Waals surface area contributed by atoms with Crippen molar-refractivity contribution < 1.29 is 19.1 Å². The molecule has 2 unspecified atom stereocenters. The van der Waals surface area contributed by atoms with Gasteiger partial charge in [-0.15, -0.1) is 0 Å². The number of hydrogen-bond acceptors (Lipinski definition) is 5. The number of amides is 3. The molecule has 8 heteroatoms. The topological polar surface area (TPSA) is 91.0 Å². The van der Waals surface area contributed by atoms with Crippen LogP contribution in [-0.2, 0) is 16.1 Å². The number of benzene rings is 3. The second-order valence-electron chi connectivity index (χ2n) is 10.1. The second-order valence-corrected chi connectivity index (χ2v) is 10.1. The van der Waals surface area contributed by atoms with Gasteiger partial charge in [0.05, 0.1) is 6.54 Å². The smallest absolute Gasteiger partial charge is 0.411 e. The minimum Gasteiger partial charge on any atom is -0.438 e. The summed E-state index contributed by atoms with van der Waals surface area (Å²) in [5.74, 6) is -0.496. The molecule has 8 nitrogen and oxygen atoms in total. The van der Waals surface area contributed by atoms with Gasteiger partial charge in [-0.05, 0) is 68.2 Å². The van der Waals surface area contributed by atoms with E-state index in [-0.39, 0.29) is 18.4 Å². The fourth-order valence-corrected chi connectivity index (χ4v) is 5.13. The maximum Gasteiger partial charge on any atom is 0.411 e. The van der Waals surface area contributed by atoms with Gasteiger partial charge < -0.3 is 20.3 Å². The lowest BCUT2D eigenvalue weighted by Gasteiger charge is -2.25. The molecule has 202 valence electrons. The number of hydrogen-bond donors (Lipinski definition) is 2. The van der Waals surface area contributed by atoms with Crippen LogP contribution < -0.4 is 10.6 Å². The Morgan fingerprint density at radius 2 is 1.69 bits per heavy atom. The van der Waals surface area contributed by atoms with Gasteiger partial charge in [0.25, 0.3) is 5.91 Å². The second kappa shape index (κ2) is 12.1. The van der Waals surface area contributed by atoms with Crippen LogP contribution in [0, 0.1) is 6.92 Å². The highest BCUT2D eigenvalue weighted by Gasteiger charge is 2.47. The molecule has 3 amide bonds. The quantitative estimate of drug-likeness (QED) is 0.428. The van der Waals surface area contributed by atoms with E-state index < -0.39 is 18.2 Å². The van der Waals surface area contributed by atoms with Crippen molar-refractivity contribution in [3.63, 3.8) is 0 Å². The van der Waals surface area contributed by atoms with E-state index in [2.05, 4.69) is 15.5 Å². The zero-order chi connectivity index (χ0) is 27.2. The van der Waals surface area contributed by atoms with Crippen LogP contribution in [0.5, 0.6) is 0 Å². The summed E-state index contributed by atoms with van der Waals surface area (Å²) < 4.78 is 5.82. The average Bonchev–Trinajstić information content (AvgIpc) is 3.58. The van der Waals surface area contributed by atoms with E-state index in [0.717, 1.165) is 30.8 Å². The molecule has 2 heterocycles. The molecule has 0 spiro atoms. The Morgan fingerprint density at radius 3 is 2.44 bits per heavy atom. The number of anilines is 1. The Bertz CT molecular complexity index is 1310. The Labute approximate surface area is 228 Å². The summed E-state index contributed by atoms with van der Waals surface area (Å²) in [5, 5.41) is 5.94. The number of likely N-dealkylation sites (tertiary alicyclic amines) is 1. The first kappa shape index (κ1) is 26.4. The van der Waals surface area contributed by atoms with Crippen molar-refractivity contribution in [1.82, 2.24) is 15.1 Å². The molecule has 2 aliphatic heterocycles. The number of rotatable bonds is 9. The van der Waals surface area contributed by atoms with Crippen LogP contribution in [-0.4, -0.2) is 59.9 Å². The summed E-state index contributed by atoms with van der Waals surface area (Å²) in [4.78, 5) is 43.2. The van der Waals surface area contributed by atoms with E-state index in [1.807, 2.05) is 43.3 Å². The van der Waals surface area contributed by atoms with Crippen molar-refractivity contribution in [3.05, 3.63) is 101 Å². The van der Waals surface area contributed by atoms with Crippen LogP contribution in [0.2, 0.25) is 0 Å². The zero-order valence-corrected chi connectivity index (χ0v) is 22.1. The Hall–Kier alpha value is -4.17. The molecule has 0 aliphatic carbocycles. The third kappa shape index (κ3) is 6.46. The summed E-state index contributed by atoms with van der Waals surface area (Å²) in [6, 6.07) is 23.1. The monoisotopic (exact) mass is 526 g/mol. The van der Waals surface area contributed by atoms with Crippen molar-refractivity contribution in [2.75, 3.05) is 31.5 Å². The SMILES string of the molecule is Cc1ccc(CN2C(=O)OC(c3cccc(NC(=O)c4ccccc4)c3)C2C(=O)NCCN2CCCC2)cc1. The van der Waals surface area contributed by atoms with Gasteiger partial charge in [-0.25, -0.2) is 4.79 Å². The van der Waals surface area contributed by atoms with Gasteiger partial charge in [-0.3, -0.25) is 14.5 Å². The van der Waals surface area contributed by atoms with Crippen molar-refractivity contribution in [3.8, 4) is 0 Å². The van der Waals surface area contributed by atoms with Crippen LogP contribution in [0.25, 0.3) is 0 Å². The number of aryl methyl sites for hydroxylation is 1. The fourth-order valence-electron chi connectivity index (χ4n) is 5.13. The van der Waals surface area contributed by atoms with Crippen LogP contribution >= 0.6 is 0 Å². The van der Waals surface area contributed by atoms with Gasteiger partial charge >= 0.3 is 6.09 Å². The molecule has 0 bridgehead atoms. The van der Waals surface area contributed by atoms with E-state index in [1.54, 1.807) is 42.5 Å². The third-order valence-electron chi connectivity index (χ3n) is 7.26. The minimum atomic E-state index is -0.850. The van der Waals surface area contributed by atoms with Crippen LogP contribution in [0.15, 0.2) is 78.9 Å². The maximum atomic E-state index is 13.6. The average molecular weight is 527 g/mol. The lowest BCUT2D eigenvalue weighted by Crippen LogP contribution is -2.47. The van der Waals surface area contributed by atoms with Gasteiger partial charge in [-0.1, -0.05) is 60.2 Å². The van der Waals surface area contributed by atoms with Crippen LogP contribution in [0.3, 0.4) is 0 Å². The highest BCUT2D eigenvalue weighted by Crippen LogP contribution is 2.35. The lowest BCUT2D eigenvalue weighted by atomic mass is 10.00. The van der Waals surface area contributed by atoms with E-state index in [9.17, 15) is 14.4 Å². The highest BCUT2D eigenvalue weighted by atomic mass is 16.6. The van der Waals surface area contributed by atoms with Gasteiger partial charge in [0.2, 0.25) is 5.91 Å². The van der Waals surface area contributed by atoms with Gasteiger partial charge in [-0.2, -0.15) is 0 Å². The summed E-state index contributed by atoms with van der Waals surface area (Å²) in [6.45, 7) is 5.63. The largest absolute Gasteiger partial charge is 0.438 e. The number of carbonyl (C=O) groups is 3. The van der Waals surface area contributed by atoms with E-state index >= 15 is 0 Å². The van der Waals surface area contributed by atoms with Crippen LogP contribution in [0.1, 0.15) is 46.0 Å². The Kier molecular flexibility index (Phi) is 8.22. The lowest BCUT2D eigenvalue weighted by molar-refractivity contribution is -0.126. The van der Waals surface area contributed by atoms with Crippen molar-refractivity contribution in [2.24, 2.45) is 0 Å².